The summed E-state index contributed by atoms with van der Waals surface area (Å²) < 4.78 is 35.2. The Morgan fingerprint density at radius 2 is 2.00 bits per heavy atom. The number of ether oxygens (including phenoxy) is 2. The minimum Gasteiger partial charge on any atom is -0.466 e. The summed E-state index contributed by atoms with van der Waals surface area (Å²) >= 11 is 0. The van der Waals surface area contributed by atoms with Crippen LogP contribution in [-0.4, -0.2) is 55.5 Å². The summed E-state index contributed by atoms with van der Waals surface area (Å²) in [5.41, 5.74) is 0. The zero-order chi connectivity index (χ0) is 16.0. The van der Waals surface area contributed by atoms with Crippen LogP contribution in [0.2, 0.25) is 0 Å². The number of alkyl halides is 2. The molecule has 0 aromatic heterocycles. The Morgan fingerprint density at radius 3 is 2.52 bits per heavy atom. The average Bonchev–Trinajstić information content (AvgIpc) is 2.45. The maximum atomic E-state index is 13.0. The monoisotopic (exact) mass is 307 g/mol. The van der Waals surface area contributed by atoms with Crippen molar-refractivity contribution in [2.45, 2.75) is 38.7 Å². The molecule has 0 unspecified atom stereocenters. The lowest BCUT2D eigenvalue weighted by Gasteiger charge is -2.37. The van der Waals surface area contributed by atoms with E-state index >= 15 is 0 Å². The van der Waals surface area contributed by atoms with Crippen molar-refractivity contribution >= 4 is 17.8 Å². The maximum Gasteiger partial charge on any atom is 0.409 e. The highest BCUT2D eigenvalue weighted by Crippen LogP contribution is 2.28. The summed E-state index contributed by atoms with van der Waals surface area (Å²) in [6, 6.07) is -1.37. The molecule has 1 saturated heterocycles. The molecular formula is C13H19F2NO5. The van der Waals surface area contributed by atoms with Gasteiger partial charge in [0.15, 0.2) is 0 Å². The fraction of sp³-hybridized carbons (Fsp3) is 0.769. The van der Waals surface area contributed by atoms with Gasteiger partial charge in [-0.3, -0.25) is 14.5 Å². The molecule has 1 aliphatic rings. The molecule has 1 heterocycles. The highest BCUT2D eigenvalue weighted by molar-refractivity contribution is 5.96. The summed E-state index contributed by atoms with van der Waals surface area (Å²) in [7, 11) is 1.11. The first-order chi connectivity index (χ1) is 9.90. The number of carbonyl (C=O) groups is 3. The lowest BCUT2D eigenvalue weighted by atomic mass is 9.86. The van der Waals surface area contributed by atoms with E-state index in [-0.39, 0.29) is 26.0 Å². The Hall–Kier alpha value is -1.73. The number of hydrogen-bond acceptors (Lipinski definition) is 5. The number of amides is 1. The fourth-order valence-corrected chi connectivity index (χ4v) is 2.37. The molecule has 0 aromatic rings. The number of hydrogen-bond donors (Lipinski definition) is 0. The van der Waals surface area contributed by atoms with E-state index in [2.05, 4.69) is 9.47 Å². The van der Waals surface area contributed by atoms with Crippen molar-refractivity contribution in [3.63, 3.8) is 0 Å². The average molecular weight is 307 g/mol. The van der Waals surface area contributed by atoms with Crippen LogP contribution in [0.1, 0.15) is 26.2 Å². The standard InChI is InChI=1S/C13H19F2NO5/c1-3-21-11(18)7-10(17)8-4-5-16(13(19)20-2)9(6-8)12(14)15/h8-9,12H,3-7H2,1-2H3/t8-,9-/m0/s1. The Balaban J connectivity index is 2.67. The number of nitrogens with zero attached hydrogens (tertiary/aromatic N) is 1. The molecule has 21 heavy (non-hydrogen) atoms. The summed E-state index contributed by atoms with van der Waals surface area (Å²) in [6.45, 7) is 1.78. The third-order valence-corrected chi connectivity index (χ3v) is 3.42. The van der Waals surface area contributed by atoms with Crippen molar-refractivity contribution in [2.75, 3.05) is 20.3 Å². The Kier molecular flexibility index (Phi) is 6.51. The van der Waals surface area contributed by atoms with Crippen LogP contribution in [-0.2, 0) is 19.1 Å². The maximum absolute atomic E-state index is 13.0. The largest absolute Gasteiger partial charge is 0.466 e. The van der Waals surface area contributed by atoms with Crippen molar-refractivity contribution in [3.05, 3.63) is 0 Å². The smallest absolute Gasteiger partial charge is 0.409 e. The summed E-state index contributed by atoms with van der Waals surface area (Å²) in [5, 5.41) is 0. The van der Waals surface area contributed by atoms with Crippen LogP contribution < -0.4 is 0 Å². The molecule has 0 spiro atoms. The zero-order valence-corrected chi connectivity index (χ0v) is 12.0. The number of ketones is 1. The number of Topliss-reactive ketones (excluding diaryl/α,β-unsaturated/α-hetero) is 1. The first-order valence-corrected chi connectivity index (χ1v) is 6.71. The molecule has 120 valence electrons. The number of halogens is 2. The lowest BCUT2D eigenvalue weighted by Crippen LogP contribution is -2.50. The van der Waals surface area contributed by atoms with Gasteiger partial charge in [-0.2, -0.15) is 0 Å². The van der Waals surface area contributed by atoms with Crippen molar-refractivity contribution in [1.82, 2.24) is 4.90 Å². The van der Waals surface area contributed by atoms with E-state index in [0.29, 0.717) is 0 Å². The molecule has 1 fully saturated rings. The molecule has 0 N–H and O–H groups in total. The van der Waals surface area contributed by atoms with Crippen LogP contribution in [0.3, 0.4) is 0 Å². The van der Waals surface area contributed by atoms with E-state index in [1.54, 1.807) is 6.92 Å². The predicted molar refractivity (Wildman–Crippen MR) is 67.9 cm³/mol. The van der Waals surface area contributed by atoms with E-state index < -0.39 is 42.7 Å². The molecule has 6 nitrogen and oxygen atoms in total. The number of piperidine rings is 1. The second-order valence-corrected chi connectivity index (χ2v) is 4.73. The summed E-state index contributed by atoms with van der Waals surface area (Å²) in [5.74, 6) is -1.76. The minimum absolute atomic E-state index is 0.000905. The van der Waals surface area contributed by atoms with Gasteiger partial charge in [0.25, 0.3) is 6.43 Å². The molecule has 0 aliphatic carbocycles. The molecular weight excluding hydrogens is 288 g/mol. The van der Waals surface area contributed by atoms with Gasteiger partial charge in [0.1, 0.15) is 12.2 Å². The van der Waals surface area contributed by atoms with Crippen LogP contribution in [0.5, 0.6) is 0 Å². The third-order valence-electron chi connectivity index (χ3n) is 3.42. The quantitative estimate of drug-likeness (QED) is 0.570. The molecule has 0 saturated carbocycles. The lowest BCUT2D eigenvalue weighted by molar-refractivity contribution is -0.147. The Morgan fingerprint density at radius 1 is 1.33 bits per heavy atom. The molecule has 2 atom stereocenters. The van der Waals surface area contributed by atoms with Crippen LogP contribution in [0.25, 0.3) is 0 Å². The first kappa shape index (κ1) is 17.3. The van der Waals surface area contributed by atoms with Gasteiger partial charge in [0.2, 0.25) is 0 Å². The van der Waals surface area contributed by atoms with Crippen LogP contribution >= 0.6 is 0 Å². The van der Waals surface area contributed by atoms with E-state index in [0.717, 1.165) is 12.0 Å². The van der Waals surface area contributed by atoms with E-state index in [1.165, 1.54) is 0 Å². The van der Waals surface area contributed by atoms with Crippen molar-refractivity contribution in [1.29, 1.82) is 0 Å². The van der Waals surface area contributed by atoms with Crippen molar-refractivity contribution in [2.24, 2.45) is 5.92 Å². The number of esters is 1. The highest BCUT2D eigenvalue weighted by Gasteiger charge is 2.40. The van der Waals surface area contributed by atoms with E-state index in [4.69, 9.17) is 0 Å². The van der Waals surface area contributed by atoms with Gasteiger partial charge < -0.3 is 9.47 Å². The third kappa shape index (κ3) is 4.64. The summed E-state index contributed by atoms with van der Waals surface area (Å²) in [6.07, 6.45) is -3.98. The molecule has 8 heteroatoms. The SMILES string of the molecule is CCOC(=O)CC(=O)[C@H]1CCN(C(=O)OC)[C@H](C(F)F)C1. The summed E-state index contributed by atoms with van der Waals surface area (Å²) in [4.78, 5) is 35.5. The molecule has 0 aromatic carbocycles. The van der Waals surface area contributed by atoms with Crippen LogP contribution in [0.4, 0.5) is 13.6 Å². The minimum atomic E-state index is -2.78. The van der Waals surface area contributed by atoms with Gasteiger partial charge in [-0.25, -0.2) is 13.6 Å². The van der Waals surface area contributed by atoms with Crippen molar-refractivity contribution in [3.8, 4) is 0 Å². The predicted octanol–water partition coefficient (Wildman–Crippen LogP) is 1.62. The molecule has 1 amide bonds. The topological polar surface area (TPSA) is 72.9 Å². The molecule has 1 rings (SSSR count). The zero-order valence-electron chi connectivity index (χ0n) is 12.0. The van der Waals surface area contributed by atoms with Gasteiger partial charge in [-0.1, -0.05) is 0 Å². The second-order valence-electron chi connectivity index (χ2n) is 4.73. The molecule has 0 radical (unpaired) electrons. The second kappa shape index (κ2) is 7.90. The van der Waals surface area contributed by atoms with Crippen molar-refractivity contribution < 1.29 is 32.6 Å². The normalized spacial score (nSPS) is 22.0. The number of methoxy groups -OCH3 is 1. The van der Waals surface area contributed by atoms with E-state index in [1.807, 2.05) is 0 Å². The number of rotatable bonds is 5. The van der Waals surface area contributed by atoms with Gasteiger partial charge in [-0.15, -0.1) is 0 Å². The Bertz CT molecular complexity index is 402. The molecule has 0 bridgehead atoms. The molecule has 1 aliphatic heterocycles. The highest BCUT2D eigenvalue weighted by atomic mass is 19.3. The van der Waals surface area contributed by atoms with Gasteiger partial charge in [0.05, 0.1) is 19.8 Å². The number of likely N-dealkylation sites (tertiary alicyclic amines) is 1. The van der Waals surface area contributed by atoms with Gasteiger partial charge in [-0.05, 0) is 19.8 Å². The van der Waals surface area contributed by atoms with Gasteiger partial charge in [0, 0.05) is 12.5 Å². The van der Waals surface area contributed by atoms with Crippen LogP contribution in [0, 0.1) is 5.92 Å². The fourth-order valence-electron chi connectivity index (χ4n) is 2.37. The van der Waals surface area contributed by atoms with Crippen LogP contribution in [0.15, 0.2) is 0 Å². The first-order valence-electron chi connectivity index (χ1n) is 6.71. The number of carbonyl (C=O) groups excluding carboxylic acids is 3. The Labute approximate surface area is 121 Å². The van der Waals surface area contributed by atoms with E-state index in [9.17, 15) is 23.2 Å². The van der Waals surface area contributed by atoms with Gasteiger partial charge >= 0.3 is 12.1 Å².